The molecule has 0 amide bonds. The van der Waals surface area contributed by atoms with Crippen LogP contribution in [0.5, 0.6) is 5.75 Å². The van der Waals surface area contributed by atoms with E-state index in [1.807, 2.05) is 35.9 Å². The van der Waals surface area contributed by atoms with E-state index in [1.54, 1.807) is 12.1 Å². The van der Waals surface area contributed by atoms with Gasteiger partial charge in [0, 0.05) is 18.0 Å². The van der Waals surface area contributed by atoms with Crippen molar-refractivity contribution in [2.75, 3.05) is 0 Å². The third-order valence-electron chi connectivity index (χ3n) is 5.31. The molecule has 0 unspecified atom stereocenters. The number of benzene rings is 2. The molecule has 3 atom stereocenters. The summed E-state index contributed by atoms with van der Waals surface area (Å²) in [6.45, 7) is 2.16. The van der Waals surface area contributed by atoms with Crippen LogP contribution in [-0.2, 0) is 6.61 Å². The summed E-state index contributed by atoms with van der Waals surface area (Å²) in [6.07, 6.45) is 1.61. The van der Waals surface area contributed by atoms with Crippen molar-refractivity contribution in [2.24, 2.45) is 5.73 Å². The van der Waals surface area contributed by atoms with Crippen molar-refractivity contribution in [1.82, 2.24) is 14.8 Å². The van der Waals surface area contributed by atoms with Gasteiger partial charge in [-0.2, -0.15) is 0 Å². The van der Waals surface area contributed by atoms with Crippen LogP contribution < -0.4 is 10.5 Å². The van der Waals surface area contributed by atoms with Crippen molar-refractivity contribution in [2.45, 2.75) is 50.9 Å². The number of nitrogens with zero attached hydrogens (tertiary/aromatic N) is 3. The SMILES string of the molecule is Cc1cccc(-n2nc(COc3cccc(F)c3)nc2[C@H]2CC[C@@H](O)[C@H](N)C2)c1. The predicted octanol–water partition coefficient (Wildman–Crippen LogP) is 3.25. The Kier molecular flexibility index (Phi) is 5.60. The van der Waals surface area contributed by atoms with E-state index < -0.39 is 6.10 Å². The summed E-state index contributed by atoms with van der Waals surface area (Å²) >= 11 is 0. The number of hydrogen-bond acceptors (Lipinski definition) is 5. The Morgan fingerprint density at radius 3 is 2.79 bits per heavy atom. The van der Waals surface area contributed by atoms with Crippen molar-refractivity contribution < 1.29 is 14.2 Å². The highest BCUT2D eigenvalue weighted by molar-refractivity contribution is 5.36. The van der Waals surface area contributed by atoms with Gasteiger partial charge in [0.2, 0.25) is 0 Å². The molecule has 0 bridgehead atoms. The van der Waals surface area contributed by atoms with E-state index in [1.165, 1.54) is 12.1 Å². The number of ether oxygens (including phenoxy) is 1. The highest BCUT2D eigenvalue weighted by Gasteiger charge is 2.31. The Bertz CT molecular complexity index is 990. The van der Waals surface area contributed by atoms with Crippen molar-refractivity contribution >= 4 is 0 Å². The largest absolute Gasteiger partial charge is 0.485 e. The number of aliphatic hydroxyl groups excluding tert-OH is 1. The maximum Gasteiger partial charge on any atom is 0.188 e. The normalized spacial score (nSPS) is 21.9. The van der Waals surface area contributed by atoms with Gasteiger partial charge in [0.1, 0.15) is 24.0 Å². The fraction of sp³-hybridized carbons (Fsp3) is 0.364. The maximum absolute atomic E-state index is 13.4. The van der Waals surface area contributed by atoms with Gasteiger partial charge in [0.25, 0.3) is 0 Å². The van der Waals surface area contributed by atoms with Gasteiger partial charge in [-0.05, 0) is 56.0 Å². The molecule has 2 aromatic carbocycles. The zero-order valence-corrected chi connectivity index (χ0v) is 16.3. The van der Waals surface area contributed by atoms with Gasteiger partial charge in [-0.3, -0.25) is 0 Å². The van der Waals surface area contributed by atoms with Crippen LogP contribution in [0.3, 0.4) is 0 Å². The van der Waals surface area contributed by atoms with Crippen LogP contribution in [0.25, 0.3) is 5.69 Å². The van der Waals surface area contributed by atoms with E-state index in [2.05, 4.69) is 5.10 Å². The average molecular weight is 396 g/mol. The Morgan fingerprint density at radius 2 is 2.03 bits per heavy atom. The van der Waals surface area contributed by atoms with Gasteiger partial charge >= 0.3 is 0 Å². The zero-order valence-electron chi connectivity index (χ0n) is 16.3. The molecule has 0 radical (unpaired) electrons. The van der Waals surface area contributed by atoms with E-state index >= 15 is 0 Å². The lowest BCUT2D eigenvalue weighted by molar-refractivity contribution is 0.0989. The van der Waals surface area contributed by atoms with Crippen LogP contribution in [0.1, 0.15) is 42.4 Å². The smallest absolute Gasteiger partial charge is 0.188 e. The quantitative estimate of drug-likeness (QED) is 0.691. The monoisotopic (exact) mass is 396 g/mol. The molecule has 1 saturated carbocycles. The minimum Gasteiger partial charge on any atom is -0.485 e. The highest BCUT2D eigenvalue weighted by atomic mass is 19.1. The minimum atomic E-state index is -0.475. The Labute approximate surface area is 169 Å². The molecule has 7 heteroatoms. The van der Waals surface area contributed by atoms with Crippen molar-refractivity contribution in [3.63, 3.8) is 0 Å². The molecule has 0 saturated heterocycles. The molecular formula is C22H25FN4O2. The van der Waals surface area contributed by atoms with E-state index in [4.69, 9.17) is 15.5 Å². The minimum absolute atomic E-state index is 0.101. The van der Waals surface area contributed by atoms with E-state index in [0.717, 1.165) is 23.5 Å². The number of hydrogen-bond donors (Lipinski definition) is 2. The molecule has 1 aliphatic carbocycles. The first-order valence-corrected chi connectivity index (χ1v) is 9.84. The Hall–Kier alpha value is -2.77. The van der Waals surface area contributed by atoms with Gasteiger partial charge in [-0.15, -0.1) is 5.10 Å². The third-order valence-corrected chi connectivity index (χ3v) is 5.31. The summed E-state index contributed by atoms with van der Waals surface area (Å²) in [4.78, 5) is 4.73. The van der Waals surface area contributed by atoms with E-state index in [9.17, 15) is 9.50 Å². The molecule has 3 N–H and O–H groups in total. The number of nitrogens with two attached hydrogens (primary N) is 1. The first-order valence-electron chi connectivity index (χ1n) is 9.84. The number of halogens is 1. The Morgan fingerprint density at radius 1 is 1.21 bits per heavy atom. The maximum atomic E-state index is 13.4. The first kappa shape index (κ1) is 19.5. The molecule has 3 aromatic rings. The zero-order chi connectivity index (χ0) is 20.4. The molecule has 1 fully saturated rings. The van der Waals surface area contributed by atoms with Gasteiger partial charge in [-0.25, -0.2) is 14.1 Å². The fourth-order valence-corrected chi connectivity index (χ4v) is 3.77. The average Bonchev–Trinajstić information content (AvgIpc) is 3.13. The Balaban J connectivity index is 1.63. The molecule has 0 aliphatic heterocycles. The summed E-state index contributed by atoms with van der Waals surface area (Å²) in [7, 11) is 0. The third kappa shape index (κ3) is 4.46. The van der Waals surface area contributed by atoms with Crippen LogP contribution in [-0.4, -0.2) is 32.0 Å². The van der Waals surface area contributed by atoms with Crippen LogP contribution in [0, 0.1) is 12.7 Å². The molecule has 4 rings (SSSR count). The topological polar surface area (TPSA) is 86.2 Å². The summed E-state index contributed by atoms with van der Waals surface area (Å²) in [5.74, 6) is 1.52. The number of aliphatic hydroxyl groups is 1. The summed E-state index contributed by atoms with van der Waals surface area (Å²) in [5.41, 5.74) is 8.15. The van der Waals surface area contributed by atoms with E-state index in [0.29, 0.717) is 24.4 Å². The molecule has 1 aliphatic rings. The lowest BCUT2D eigenvalue weighted by Crippen LogP contribution is -2.40. The molecule has 1 aromatic heterocycles. The molecular weight excluding hydrogens is 371 g/mol. The summed E-state index contributed by atoms with van der Waals surface area (Å²) in [5, 5.41) is 14.6. The second-order valence-corrected chi connectivity index (χ2v) is 7.62. The fourth-order valence-electron chi connectivity index (χ4n) is 3.77. The second-order valence-electron chi connectivity index (χ2n) is 7.62. The van der Waals surface area contributed by atoms with Gasteiger partial charge in [0.05, 0.1) is 11.8 Å². The number of aryl methyl sites for hydroxylation is 1. The van der Waals surface area contributed by atoms with Crippen LogP contribution in [0.2, 0.25) is 0 Å². The van der Waals surface area contributed by atoms with E-state index in [-0.39, 0.29) is 24.4 Å². The molecule has 6 nitrogen and oxygen atoms in total. The van der Waals surface area contributed by atoms with Crippen molar-refractivity contribution in [1.29, 1.82) is 0 Å². The van der Waals surface area contributed by atoms with Crippen LogP contribution in [0.15, 0.2) is 48.5 Å². The second kappa shape index (κ2) is 8.31. The number of rotatable bonds is 5. The van der Waals surface area contributed by atoms with Gasteiger partial charge in [-0.1, -0.05) is 18.2 Å². The van der Waals surface area contributed by atoms with Crippen LogP contribution in [0.4, 0.5) is 4.39 Å². The highest BCUT2D eigenvalue weighted by Crippen LogP contribution is 2.33. The molecule has 1 heterocycles. The lowest BCUT2D eigenvalue weighted by atomic mass is 9.83. The first-order chi connectivity index (χ1) is 14.0. The van der Waals surface area contributed by atoms with Crippen molar-refractivity contribution in [3.05, 3.63) is 71.6 Å². The molecule has 152 valence electrons. The summed E-state index contributed by atoms with van der Waals surface area (Å²) < 4.78 is 20.9. The van der Waals surface area contributed by atoms with Crippen LogP contribution >= 0.6 is 0 Å². The predicted molar refractivity (Wildman–Crippen MR) is 107 cm³/mol. The standard InChI is InChI=1S/C22H25FN4O2/c1-14-4-2-6-17(10-14)27-22(15-8-9-20(28)19(24)11-15)25-21(26-27)13-29-18-7-3-5-16(23)12-18/h2-7,10,12,15,19-20,28H,8-9,11,13,24H2,1H3/t15-,19+,20+/m0/s1. The van der Waals surface area contributed by atoms with Gasteiger partial charge in [0.15, 0.2) is 5.82 Å². The molecule has 0 spiro atoms. The lowest BCUT2D eigenvalue weighted by Gasteiger charge is -2.30. The number of aromatic nitrogens is 3. The molecule has 29 heavy (non-hydrogen) atoms. The summed E-state index contributed by atoms with van der Waals surface area (Å²) in [6, 6.07) is 13.8. The van der Waals surface area contributed by atoms with Crippen molar-refractivity contribution in [3.8, 4) is 11.4 Å². The van der Waals surface area contributed by atoms with Gasteiger partial charge < -0.3 is 15.6 Å².